The van der Waals surface area contributed by atoms with Crippen LogP contribution in [0.2, 0.25) is 5.02 Å². The van der Waals surface area contributed by atoms with Gasteiger partial charge in [-0.25, -0.2) is 4.99 Å². The van der Waals surface area contributed by atoms with E-state index in [-0.39, 0.29) is 5.91 Å². The Labute approximate surface area is 203 Å². The molecule has 0 fully saturated rings. The molecule has 3 rings (SSSR count). The Bertz CT molecular complexity index is 1020. The Morgan fingerprint density at radius 2 is 1.88 bits per heavy atom. The van der Waals surface area contributed by atoms with E-state index in [1.165, 1.54) is 11.1 Å². The van der Waals surface area contributed by atoms with Crippen molar-refractivity contribution >= 4 is 23.3 Å². The van der Waals surface area contributed by atoms with Gasteiger partial charge in [0, 0.05) is 36.3 Å². The Morgan fingerprint density at radius 1 is 1.15 bits per heavy atom. The van der Waals surface area contributed by atoms with E-state index in [1.807, 2.05) is 64.1 Å². The molecule has 0 radical (unpaired) electrons. The summed E-state index contributed by atoms with van der Waals surface area (Å²) in [5.74, 6) is 0.744. The van der Waals surface area contributed by atoms with Crippen molar-refractivity contribution in [3.8, 4) is 0 Å². The fraction of sp³-hybridized carbons (Fsp3) is 0.357. The second-order valence-electron chi connectivity index (χ2n) is 7.63. The first kappa shape index (κ1) is 26.4. The molecule has 0 saturated heterocycles. The van der Waals surface area contributed by atoms with Crippen LogP contribution in [0.4, 0.5) is 0 Å². The van der Waals surface area contributed by atoms with Crippen molar-refractivity contribution < 1.29 is 4.79 Å². The number of benzene rings is 2. The van der Waals surface area contributed by atoms with E-state index >= 15 is 0 Å². The van der Waals surface area contributed by atoms with E-state index in [4.69, 9.17) is 16.6 Å². The van der Waals surface area contributed by atoms with Crippen LogP contribution in [0, 0.1) is 6.92 Å². The van der Waals surface area contributed by atoms with Crippen molar-refractivity contribution in [3.05, 3.63) is 93.3 Å². The molecule has 0 saturated carbocycles. The molecule has 0 atom stereocenters. The minimum atomic E-state index is 0.0169. The molecule has 4 nitrogen and oxygen atoms in total. The number of halogens is 1. The normalized spacial score (nSPS) is 15.4. The number of allylic oxidation sites excluding steroid dienone is 1. The molecular formula is C28H36ClN3O. The van der Waals surface area contributed by atoms with Gasteiger partial charge in [-0.15, -0.1) is 0 Å². The molecule has 2 aromatic carbocycles. The summed E-state index contributed by atoms with van der Waals surface area (Å²) in [6.07, 6.45) is 6.77. The van der Waals surface area contributed by atoms with Crippen molar-refractivity contribution in [3.63, 3.8) is 0 Å². The standard InChI is InChI=1S/C26H30ClN3O.C2H6/c1-4-19-10-6-7-11-20(19)15-16-28-24(31)14-13-22-17-21(5-2)29-26(30-22)25-18(3)9-8-12-23(25)27;1-2/h5-13H,4,14-17H2,1-3H3,(H,28,31)(H,29,30);1-2H3/b21-5+,22-13+;. The second kappa shape index (κ2) is 13.6. The molecule has 1 aliphatic rings. The summed E-state index contributed by atoms with van der Waals surface area (Å²) in [7, 11) is 0. The van der Waals surface area contributed by atoms with Gasteiger partial charge in [-0.3, -0.25) is 4.79 Å². The Morgan fingerprint density at radius 3 is 2.55 bits per heavy atom. The van der Waals surface area contributed by atoms with Gasteiger partial charge in [0.25, 0.3) is 0 Å². The molecule has 176 valence electrons. The largest absolute Gasteiger partial charge is 0.356 e. The molecule has 1 heterocycles. The van der Waals surface area contributed by atoms with Crippen LogP contribution in [0.15, 0.2) is 71.0 Å². The van der Waals surface area contributed by atoms with Gasteiger partial charge in [-0.2, -0.15) is 0 Å². The van der Waals surface area contributed by atoms with Gasteiger partial charge in [0.15, 0.2) is 0 Å². The Kier molecular flexibility index (Phi) is 10.9. The highest BCUT2D eigenvalue weighted by molar-refractivity contribution is 6.34. The third-order valence-electron chi connectivity index (χ3n) is 5.45. The van der Waals surface area contributed by atoms with Gasteiger partial charge in [0.1, 0.15) is 5.84 Å². The number of rotatable bonds is 7. The van der Waals surface area contributed by atoms with Crippen molar-refractivity contribution in [1.82, 2.24) is 10.6 Å². The van der Waals surface area contributed by atoms with Crippen LogP contribution in [0.3, 0.4) is 0 Å². The summed E-state index contributed by atoms with van der Waals surface area (Å²) >= 11 is 6.43. The van der Waals surface area contributed by atoms with Crippen LogP contribution in [0.1, 0.15) is 62.8 Å². The van der Waals surface area contributed by atoms with Gasteiger partial charge < -0.3 is 10.6 Å². The smallest absolute Gasteiger partial charge is 0.223 e. The number of aryl methyl sites for hydroxylation is 2. The van der Waals surface area contributed by atoms with E-state index in [0.29, 0.717) is 24.4 Å². The second-order valence-corrected chi connectivity index (χ2v) is 8.04. The van der Waals surface area contributed by atoms with Crippen LogP contribution in [0.5, 0.6) is 0 Å². The number of amidine groups is 1. The highest BCUT2D eigenvalue weighted by Crippen LogP contribution is 2.25. The van der Waals surface area contributed by atoms with E-state index in [9.17, 15) is 4.79 Å². The first-order chi connectivity index (χ1) is 16.0. The van der Waals surface area contributed by atoms with E-state index in [1.54, 1.807) is 0 Å². The summed E-state index contributed by atoms with van der Waals surface area (Å²) in [6.45, 7) is 10.8. The van der Waals surface area contributed by atoms with Crippen molar-refractivity contribution in [2.45, 2.75) is 60.3 Å². The average molecular weight is 466 g/mol. The van der Waals surface area contributed by atoms with Gasteiger partial charge in [-0.05, 0) is 49.4 Å². The lowest BCUT2D eigenvalue weighted by molar-refractivity contribution is -0.120. The Balaban J connectivity index is 0.00000187. The molecule has 0 spiro atoms. The molecule has 2 N–H and O–H groups in total. The molecule has 1 aliphatic heterocycles. The van der Waals surface area contributed by atoms with Gasteiger partial charge >= 0.3 is 0 Å². The van der Waals surface area contributed by atoms with Crippen LogP contribution in [0.25, 0.3) is 0 Å². The highest BCUT2D eigenvalue weighted by Gasteiger charge is 2.18. The predicted octanol–water partition coefficient (Wildman–Crippen LogP) is 6.51. The summed E-state index contributed by atoms with van der Waals surface area (Å²) in [5, 5.41) is 7.07. The molecule has 33 heavy (non-hydrogen) atoms. The van der Waals surface area contributed by atoms with Crippen LogP contribution >= 0.6 is 11.6 Å². The quantitative estimate of drug-likeness (QED) is 0.489. The summed E-state index contributed by atoms with van der Waals surface area (Å²) in [4.78, 5) is 17.1. The van der Waals surface area contributed by atoms with Gasteiger partial charge in [-0.1, -0.05) is 80.9 Å². The molecular weight excluding hydrogens is 430 g/mol. The number of carbonyl (C=O) groups is 1. The molecule has 0 aliphatic carbocycles. The number of nitrogens with one attached hydrogen (secondary N) is 2. The predicted molar refractivity (Wildman–Crippen MR) is 141 cm³/mol. The SMILES string of the molecule is C/C=C1\C/C(=C\CC(=O)NCCc2ccccc2CC)NC(c2c(C)cccc2Cl)=N1.CC. The monoisotopic (exact) mass is 465 g/mol. The number of amides is 1. The van der Waals surface area contributed by atoms with E-state index < -0.39 is 0 Å². The van der Waals surface area contributed by atoms with Crippen molar-refractivity contribution in [1.29, 1.82) is 0 Å². The molecule has 2 aromatic rings. The zero-order valence-corrected chi connectivity index (χ0v) is 21.2. The number of nitrogens with zero attached hydrogens (tertiary/aromatic N) is 1. The van der Waals surface area contributed by atoms with Crippen molar-refractivity contribution in [2.75, 3.05) is 6.54 Å². The number of hydrogen-bond donors (Lipinski definition) is 2. The van der Waals surface area contributed by atoms with Crippen molar-refractivity contribution in [2.24, 2.45) is 4.99 Å². The number of aliphatic imine (C=N–C) groups is 1. The third-order valence-corrected chi connectivity index (χ3v) is 5.76. The van der Waals surface area contributed by atoms with Crippen LogP contribution < -0.4 is 10.6 Å². The van der Waals surface area contributed by atoms with Crippen LogP contribution in [-0.2, 0) is 17.6 Å². The first-order valence-electron chi connectivity index (χ1n) is 11.8. The fourth-order valence-corrected chi connectivity index (χ4v) is 4.02. The zero-order chi connectivity index (χ0) is 24.2. The summed E-state index contributed by atoms with van der Waals surface area (Å²) in [6, 6.07) is 14.2. The number of carbonyl (C=O) groups excluding carboxylic acids is 1. The minimum absolute atomic E-state index is 0.0169. The zero-order valence-electron chi connectivity index (χ0n) is 20.5. The maximum Gasteiger partial charge on any atom is 0.223 e. The molecule has 0 aromatic heterocycles. The minimum Gasteiger partial charge on any atom is -0.356 e. The van der Waals surface area contributed by atoms with E-state index in [2.05, 4.69) is 35.8 Å². The van der Waals surface area contributed by atoms with E-state index in [0.717, 1.165) is 41.2 Å². The molecule has 5 heteroatoms. The summed E-state index contributed by atoms with van der Waals surface area (Å²) < 4.78 is 0. The van der Waals surface area contributed by atoms with Crippen LogP contribution in [-0.4, -0.2) is 18.3 Å². The average Bonchev–Trinajstić information content (AvgIpc) is 2.84. The maximum atomic E-state index is 12.4. The first-order valence-corrected chi connectivity index (χ1v) is 12.2. The molecule has 0 bridgehead atoms. The topological polar surface area (TPSA) is 53.5 Å². The number of hydrogen-bond acceptors (Lipinski definition) is 3. The lowest BCUT2D eigenvalue weighted by Crippen LogP contribution is -2.30. The lowest BCUT2D eigenvalue weighted by Gasteiger charge is -2.22. The summed E-state index contributed by atoms with van der Waals surface area (Å²) in [5.41, 5.74) is 6.51. The fourth-order valence-electron chi connectivity index (χ4n) is 3.71. The lowest BCUT2D eigenvalue weighted by atomic mass is 10.0. The molecule has 1 amide bonds. The maximum absolute atomic E-state index is 12.4. The molecule has 0 unspecified atom stereocenters. The Hall–Kier alpha value is -2.85. The third kappa shape index (κ3) is 7.61. The highest BCUT2D eigenvalue weighted by atomic mass is 35.5. The van der Waals surface area contributed by atoms with Gasteiger partial charge in [0.2, 0.25) is 5.91 Å². The van der Waals surface area contributed by atoms with Gasteiger partial charge in [0.05, 0.1) is 5.02 Å².